The van der Waals surface area contributed by atoms with Crippen molar-refractivity contribution in [1.82, 2.24) is 5.32 Å². The lowest BCUT2D eigenvalue weighted by atomic mass is 9.68. The molecule has 1 fully saturated rings. The lowest BCUT2D eigenvalue weighted by Gasteiger charge is -2.37. The van der Waals surface area contributed by atoms with Crippen molar-refractivity contribution in [3.05, 3.63) is 35.4 Å². The maximum absolute atomic E-state index is 12.4. The number of hydrogen-bond acceptors (Lipinski definition) is 2. The van der Waals surface area contributed by atoms with Crippen molar-refractivity contribution in [2.24, 2.45) is 5.41 Å². The third kappa shape index (κ3) is 3.09. The Morgan fingerprint density at radius 2 is 1.86 bits per heavy atom. The first-order chi connectivity index (χ1) is 9.76. The molecular formula is C17H23NO3. The maximum atomic E-state index is 12.4. The quantitative estimate of drug-likeness (QED) is 0.895. The summed E-state index contributed by atoms with van der Waals surface area (Å²) in [5.41, 5.74) is 0.714. The highest BCUT2D eigenvalue weighted by Gasteiger charge is 2.44. The van der Waals surface area contributed by atoms with E-state index >= 15 is 0 Å². The van der Waals surface area contributed by atoms with Crippen LogP contribution in [0.15, 0.2) is 24.3 Å². The van der Waals surface area contributed by atoms with Gasteiger partial charge in [-0.2, -0.15) is 0 Å². The lowest BCUT2D eigenvalue weighted by molar-refractivity contribution is -0.153. The normalized spacial score (nSPS) is 16.9. The van der Waals surface area contributed by atoms with Crippen LogP contribution in [-0.4, -0.2) is 23.5 Å². The van der Waals surface area contributed by atoms with Gasteiger partial charge in [0.15, 0.2) is 0 Å². The summed E-state index contributed by atoms with van der Waals surface area (Å²) in [4.78, 5) is 23.7. The number of nitrogens with one attached hydrogen (secondary N) is 1. The molecule has 1 aromatic rings. The van der Waals surface area contributed by atoms with Gasteiger partial charge in [-0.15, -0.1) is 0 Å². The number of carbonyl (C=O) groups excluding carboxylic acids is 1. The lowest BCUT2D eigenvalue weighted by Crippen LogP contribution is -2.47. The van der Waals surface area contributed by atoms with E-state index in [1.54, 1.807) is 6.07 Å². The van der Waals surface area contributed by atoms with Crippen LogP contribution in [0.2, 0.25) is 0 Å². The summed E-state index contributed by atoms with van der Waals surface area (Å²) in [6.07, 6.45) is 2.20. The number of amides is 1. The van der Waals surface area contributed by atoms with E-state index in [1.165, 1.54) is 0 Å². The summed E-state index contributed by atoms with van der Waals surface area (Å²) in [5, 5.41) is 12.1. The van der Waals surface area contributed by atoms with Gasteiger partial charge in [-0.25, -0.2) is 0 Å². The van der Waals surface area contributed by atoms with Crippen LogP contribution in [0, 0.1) is 5.41 Å². The molecule has 0 aromatic heterocycles. The van der Waals surface area contributed by atoms with Crippen LogP contribution in [0.25, 0.3) is 0 Å². The van der Waals surface area contributed by atoms with Gasteiger partial charge in [0.1, 0.15) is 0 Å². The molecule has 1 aliphatic carbocycles. The van der Waals surface area contributed by atoms with E-state index in [2.05, 4.69) is 26.1 Å². The SMILES string of the molecule is CC(C)(C)c1ccccc1C(=O)NCC1(C(=O)O)CCC1. The number of carboxylic acid groups (broad SMARTS) is 1. The van der Waals surface area contributed by atoms with Crippen LogP contribution in [0.5, 0.6) is 0 Å². The van der Waals surface area contributed by atoms with Gasteiger partial charge in [0.25, 0.3) is 5.91 Å². The first-order valence-electron chi connectivity index (χ1n) is 7.37. The van der Waals surface area contributed by atoms with Crippen molar-refractivity contribution >= 4 is 11.9 Å². The van der Waals surface area contributed by atoms with Gasteiger partial charge in [-0.1, -0.05) is 45.4 Å². The fourth-order valence-electron chi connectivity index (χ4n) is 2.75. The number of hydrogen-bond donors (Lipinski definition) is 2. The summed E-state index contributed by atoms with van der Waals surface area (Å²) in [5.74, 6) is -0.994. The zero-order chi connectivity index (χ0) is 15.7. The number of carboxylic acids is 1. The molecule has 114 valence electrons. The molecule has 0 heterocycles. The monoisotopic (exact) mass is 289 g/mol. The second kappa shape index (κ2) is 5.51. The minimum atomic E-state index is -0.807. The molecule has 2 rings (SSSR count). The molecule has 4 heteroatoms. The number of aliphatic carboxylic acids is 1. The fraction of sp³-hybridized carbons (Fsp3) is 0.529. The molecular weight excluding hydrogens is 266 g/mol. The average molecular weight is 289 g/mol. The van der Waals surface area contributed by atoms with E-state index in [0.717, 1.165) is 12.0 Å². The third-order valence-corrected chi connectivity index (χ3v) is 4.33. The Labute approximate surface area is 125 Å². The Morgan fingerprint density at radius 3 is 2.33 bits per heavy atom. The largest absolute Gasteiger partial charge is 0.481 e. The predicted octanol–water partition coefficient (Wildman–Crippen LogP) is 2.97. The van der Waals surface area contributed by atoms with Crippen molar-refractivity contribution in [2.75, 3.05) is 6.54 Å². The molecule has 1 aromatic carbocycles. The van der Waals surface area contributed by atoms with E-state index < -0.39 is 11.4 Å². The van der Waals surface area contributed by atoms with E-state index in [9.17, 15) is 14.7 Å². The van der Waals surface area contributed by atoms with E-state index in [0.29, 0.717) is 18.4 Å². The number of carbonyl (C=O) groups is 2. The first-order valence-corrected chi connectivity index (χ1v) is 7.37. The molecule has 0 spiro atoms. The highest BCUT2D eigenvalue weighted by Crippen LogP contribution is 2.40. The molecule has 1 saturated carbocycles. The van der Waals surface area contributed by atoms with Gasteiger partial charge >= 0.3 is 5.97 Å². The Morgan fingerprint density at radius 1 is 1.24 bits per heavy atom. The van der Waals surface area contributed by atoms with Crippen molar-refractivity contribution in [2.45, 2.75) is 45.4 Å². The third-order valence-electron chi connectivity index (χ3n) is 4.33. The predicted molar refractivity (Wildman–Crippen MR) is 81.4 cm³/mol. The van der Waals surface area contributed by atoms with Gasteiger partial charge in [0, 0.05) is 12.1 Å². The summed E-state index contributed by atoms with van der Waals surface area (Å²) < 4.78 is 0. The smallest absolute Gasteiger partial charge is 0.311 e. The molecule has 0 unspecified atom stereocenters. The maximum Gasteiger partial charge on any atom is 0.311 e. The Bertz CT molecular complexity index is 553. The zero-order valence-corrected chi connectivity index (χ0v) is 12.9. The van der Waals surface area contributed by atoms with Crippen molar-refractivity contribution < 1.29 is 14.7 Å². The number of rotatable bonds is 4. The molecule has 1 aliphatic rings. The standard InChI is InChI=1S/C17H23NO3/c1-16(2,3)13-8-5-4-7-12(13)14(19)18-11-17(15(20)21)9-6-10-17/h4-5,7-8H,6,9-11H2,1-3H3,(H,18,19)(H,20,21). The Balaban J connectivity index is 2.13. The van der Waals surface area contributed by atoms with Gasteiger partial charge in [0.2, 0.25) is 0 Å². The molecule has 4 nitrogen and oxygen atoms in total. The van der Waals surface area contributed by atoms with E-state index in [-0.39, 0.29) is 17.9 Å². The minimum Gasteiger partial charge on any atom is -0.481 e. The topological polar surface area (TPSA) is 66.4 Å². The van der Waals surface area contributed by atoms with Gasteiger partial charge in [0.05, 0.1) is 5.41 Å². The molecule has 0 aliphatic heterocycles. The van der Waals surface area contributed by atoms with Crippen LogP contribution in [-0.2, 0) is 10.2 Å². The van der Waals surface area contributed by atoms with E-state index in [4.69, 9.17) is 0 Å². The van der Waals surface area contributed by atoms with E-state index in [1.807, 2.05) is 18.2 Å². The molecule has 1 amide bonds. The average Bonchev–Trinajstić information content (AvgIpc) is 2.35. The van der Waals surface area contributed by atoms with Crippen molar-refractivity contribution in [3.63, 3.8) is 0 Å². The fourth-order valence-corrected chi connectivity index (χ4v) is 2.75. The second-order valence-electron chi connectivity index (χ2n) is 6.92. The van der Waals surface area contributed by atoms with Crippen molar-refractivity contribution in [1.29, 1.82) is 0 Å². The van der Waals surface area contributed by atoms with Crippen LogP contribution >= 0.6 is 0 Å². The second-order valence-corrected chi connectivity index (χ2v) is 6.92. The summed E-state index contributed by atoms with van der Waals surface area (Å²) in [6.45, 7) is 6.39. The van der Waals surface area contributed by atoms with Gasteiger partial charge in [-0.05, 0) is 29.9 Å². The van der Waals surface area contributed by atoms with Crippen LogP contribution in [0.3, 0.4) is 0 Å². The van der Waals surface area contributed by atoms with Crippen LogP contribution in [0.1, 0.15) is 56.0 Å². The first kappa shape index (κ1) is 15.5. The molecule has 0 radical (unpaired) electrons. The molecule has 0 bridgehead atoms. The summed E-state index contributed by atoms with van der Waals surface area (Å²) in [7, 11) is 0. The van der Waals surface area contributed by atoms with Crippen LogP contribution in [0.4, 0.5) is 0 Å². The summed E-state index contributed by atoms with van der Waals surface area (Å²) in [6, 6.07) is 7.50. The zero-order valence-electron chi connectivity index (χ0n) is 12.9. The number of benzene rings is 1. The Kier molecular flexibility index (Phi) is 4.08. The highest BCUT2D eigenvalue weighted by molar-refractivity contribution is 5.96. The Hall–Kier alpha value is -1.84. The minimum absolute atomic E-state index is 0.130. The summed E-state index contributed by atoms with van der Waals surface area (Å²) >= 11 is 0. The van der Waals surface area contributed by atoms with Gasteiger partial charge < -0.3 is 10.4 Å². The molecule has 0 atom stereocenters. The molecule has 0 saturated heterocycles. The van der Waals surface area contributed by atoms with Gasteiger partial charge in [-0.3, -0.25) is 9.59 Å². The van der Waals surface area contributed by atoms with Crippen LogP contribution < -0.4 is 5.32 Å². The highest BCUT2D eigenvalue weighted by atomic mass is 16.4. The molecule has 21 heavy (non-hydrogen) atoms. The van der Waals surface area contributed by atoms with Crippen molar-refractivity contribution in [3.8, 4) is 0 Å². The molecule has 2 N–H and O–H groups in total.